The van der Waals surface area contributed by atoms with E-state index in [4.69, 9.17) is 0 Å². The molecule has 11 rings (SSSR count). The molecule has 0 atom stereocenters. The molecule has 2 aliphatic carbocycles. The molecule has 0 saturated carbocycles. The summed E-state index contributed by atoms with van der Waals surface area (Å²) in [5, 5.41) is 2.48. The molecule has 0 amide bonds. The largest absolute Gasteiger partial charge is 0.310 e. The Labute approximate surface area is 396 Å². The summed E-state index contributed by atoms with van der Waals surface area (Å²) >= 11 is 0. The lowest BCUT2D eigenvalue weighted by atomic mass is 9.63. The summed E-state index contributed by atoms with van der Waals surface area (Å²) in [6.45, 7) is 4.71. The highest BCUT2D eigenvalue weighted by Gasteiger charge is 2.42. The Balaban J connectivity index is 0.873. The van der Waals surface area contributed by atoms with Crippen LogP contribution in [0.3, 0.4) is 0 Å². The molecule has 2 aliphatic rings. The van der Waals surface area contributed by atoms with E-state index in [1.54, 1.807) is 0 Å². The summed E-state index contributed by atoms with van der Waals surface area (Å²) in [5.41, 5.74) is 18.8. The molecule has 0 radical (unpaired) electrons. The van der Waals surface area contributed by atoms with Crippen molar-refractivity contribution in [1.29, 1.82) is 0 Å². The van der Waals surface area contributed by atoms with Gasteiger partial charge >= 0.3 is 0 Å². The van der Waals surface area contributed by atoms with Crippen LogP contribution in [0.15, 0.2) is 242 Å². The van der Waals surface area contributed by atoms with Gasteiger partial charge in [-0.15, -0.1) is 0 Å². The molecule has 1 nitrogen and oxygen atoms in total. The fraction of sp³-hybridized carbons (Fsp3) is 0.121. The number of para-hydroxylation sites is 2. The van der Waals surface area contributed by atoms with Gasteiger partial charge in [0.2, 0.25) is 0 Å². The van der Waals surface area contributed by atoms with Crippen molar-refractivity contribution in [1.82, 2.24) is 0 Å². The van der Waals surface area contributed by atoms with E-state index in [0.717, 1.165) is 37.1 Å². The topological polar surface area (TPSA) is 3.24 Å². The maximum Gasteiger partial charge on any atom is 0.0664 e. The molecule has 0 fully saturated rings. The van der Waals surface area contributed by atoms with Crippen molar-refractivity contribution in [2.45, 2.75) is 50.4 Å². The van der Waals surface area contributed by atoms with E-state index in [2.05, 4.69) is 268 Å². The molecule has 0 saturated heterocycles. The lowest BCUT2D eigenvalue weighted by Crippen LogP contribution is -2.32. The van der Waals surface area contributed by atoms with E-state index < -0.39 is 0 Å². The Morgan fingerprint density at radius 1 is 0.463 bits per heavy atom. The molecule has 0 N–H and O–H groups in total. The van der Waals surface area contributed by atoms with Gasteiger partial charge in [0.05, 0.1) is 5.41 Å². The van der Waals surface area contributed by atoms with Crippen LogP contribution in [0.25, 0.3) is 45.2 Å². The molecule has 9 aromatic carbocycles. The normalized spacial score (nSPS) is 13.9. The molecule has 0 heterocycles. The maximum absolute atomic E-state index is 2.46. The van der Waals surface area contributed by atoms with Crippen LogP contribution in [0.2, 0.25) is 0 Å². The summed E-state index contributed by atoms with van der Waals surface area (Å²) in [6.07, 6.45) is 15.6. The summed E-state index contributed by atoms with van der Waals surface area (Å²) < 4.78 is 0. The van der Waals surface area contributed by atoms with Crippen molar-refractivity contribution in [2.75, 3.05) is 4.90 Å². The third-order valence-electron chi connectivity index (χ3n) is 14.8. The zero-order valence-corrected chi connectivity index (χ0v) is 38.4. The van der Waals surface area contributed by atoms with Gasteiger partial charge in [-0.05, 0) is 146 Å². The van der Waals surface area contributed by atoms with Crippen molar-refractivity contribution in [3.63, 3.8) is 0 Å². The van der Waals surface area contributed by atoms with Crippen molar-refractivity contribution < 1.29 is 0 Å². The second-order valence-electron chi connectivity index (χ2n) is 18.2. The van der Waals surface area contributed by atoms with Crippen LogP contribution >= 0.6 is 0 Å². The van der Waals surface area contributed by atoms with Crippen LogP contribution in [-0.4, -0.2) is 0 Å². The zero-order valence-electron chi connectivity index (χ0n) is 38.4. The third kappa shape index (κ3) is 7.46. The number of allylic oxidation sites excluding steroid dienone is 4. The first-order valence-corrected chi connectivity index (χ1v) is 24.1. The van der Waals surface area contributed by atoms with Gasteiger partial charge in [-0.3, -0.25) is 0 Å². The summed E-state index contributed by atoms with van der Waals surface area (Å²) in [6, 6.07) is 80.9. The Morgan fingerprint density at radius 2 is 0.970 bits per heavy atom. The minimum Gasteiger partial charge on any atom is -0.310 e. The molecule has 9 aromatic rings. The molecule has 0 aliphatic heterocycles. The van der Waals surface area contributed by atoms with Crippen molar-refractivity contribution in [2.24, 2.45) is 0 Å². The number of anilines is 3. The summed E-state index contributed by atoms with van der Waals surface area (Å²) in [4.78, 5) is 2.38. The maximum atomic E-state index is 2.46. The smallest absolute Gasteiger partial charge is 0.0664 e. The Bertz CT molecular complexity index is 3200. The van der Waals surface area contributed by atoms with Crippen molar-refractivity contribution in [3.05, 3.63) is 281 Å². The summed E-state index contributed by atoms with van der Waals surface area (Å²) in [7, 11) is 0. The molecule has 67 heavy (non-hydrogen) atoms. The van der Waals surface area contributed by atoms with Crippen LogP contribution < -0.4 is 4.90 Å². The van der Waals surface area contributed by atoms with Gasteiger partial charge in [0, 0.05) is 22.5 Å². The van der Waals surface area contributed by atoms with Gasteiger partial charge in [-0.1, -0.05) is 220 Å². The molecular formula is C66H55N. The van der Waals surface area contributed by atoms with E-state index in [9.17, 15) is 0 Å². The molecule has 0 bridgehead atoms. The highest BCUT2D eigenvalue weighted by Crippen LogP contribution is 2.55. The second-order valence-corrected chi connectivity index (χ2v) is 18.2. The highest BCUT2D eigenvalue weighted by atomic mass is 15.1. The minimum absolute atomic E-state index is 0.0674. The SMILES string of the molecule is CCC1(CC)c2cc(/C=C/c3ccc4cc(-c5ccc(C(C6=CC=CCC6)(c6ccccc6)c6ccccc6)cc5)ccc4c3)ccc2-c2ccc(N(c3ccccc3)c3ccccc3)cc21. The Kier molecular flexibility index (Phi) is 11.2. The van der Waals surface area contributed by atoms with Gasteiger partial charge in [0.1, 0.15) is 0 Å². The molecule has 0 spiro atoms. The quantitative estimate of drug-likeness (QED) is 0.0874. The second kappa shape index (κ2) is 17.9. The predicted molar refractivity (Wildman–Crippen MR) is 285 cm³/mol. The number of hydrogen-bond acceptors (Lipinski definition) is 1. The third-order valence-corrected chi connectivity index (χ3v) is 14.8. The fourth-order valence-corrected chi connectivity index (χ4v) is 11.4. The summed E-state index contributed by atoms with van der Waals surface area (Å²) in [5.74, 6) is 0. The minimum atomic E-state index is -0.378. The van der Waals surface area contributed by atoms with Crippen molar-refractivity contribution >= 4 is 40.0 Å². The molecule has 1 heteroatoms. The Hall–Kier alpha value is -7.74. The van der Waals surface area contributed by atoms with Gasteiger partial charge in [0.15, 0.2) is 0 Å². The number of benzene rings is 9. The first kappa shape index (κ1) is 41.9. The van der Waals surface area contributed by atoms with Gasteiger partial charge in [-0.25, -0.2) is 0 Å². The molecular weight excluding hydrogens is 807 g/mol. The zero-order chi connectivity index (χ0) is 45.2. The standard InChI is InChI=1S/C66H55N/c1-3-65(4-2)63-45-49(33-42-61(63)62-43-41-60(47-64(62)65)67(58-26-16-8-17-27-58)59-28-18-9-19-29-59)31-30-48-32-34-53-46-52(36-35-51(53)44-48)50-37-39-57(40-38-50)66(54-20-10-5-11-21-54,55-22-12-6-13-23-55)56-24-14-7-15-25-56/h5-14,16-24,26-47H,3-4,15,25H2,1-2H3/b31-30+. The van der Waals surface area contributed by atoms with Crippen LogP contribution in [0.5, 0.6) is 0 Å². The van der Waals surface area contributed by atoms with E-state index in [-0.39, 0.29) is 10.8 Å². The van der Waals surface area contributed by atoms with Crippen LogP contribution in [-0.2, 0) is 10.8 Å². The van der Waals surface area contributed by atoms with E-state index in [0.29, 0.717) is 0 Å². The number of rotatable bonds is 12. The van der Waals surface area contributed by atoms with Crippen molar-refractivity contribution in [3.8, 4) is 22.3 Å². The lowest BCUT2D eigenvalue weighted by molar-refractivity contribution is 0.490. The van der Waals surface area contributed by atoms with E-state index in [1.807, 2.05) is 0 Å². The number of fused-ring (bicyclic) bond motifs is 4. The predicted octanol–water partition coefficient (Wildman–Crippen LogP) is 17.8. The van der Waals surface area contributed by atoms with Gasteiger partial charge in [0.25, 0.3) is 0 Å². The molecule has 0 aromatic heterocycles. The fourth-order valence-electron chi connectivity index (χ4n) is 11.4. The lowest BCUT2D eigenvalue weighted by Gasteiger charge is -2.39. The first-order valence-electron chi connectivity index (χ1n) is 24.1. The Morgan fingerprint density at radius 3 is 1.57 bits per heavy atom. The van der Waals surface area contributed by atoms with Gasteiger partial charge < -0.3 is 4.90 Å². The first-order chi connectivity index (χ1) is 33.1. The monoisotopic (exact) mass is 861 g/mol. The average molecular weight is 862 g/mol. The molecule has 324 valence electrons. The van der Waals surface area contributed by atoms with E-state index >= 15 is 0 Å². The van der Waals surface area contributed by atoms with Crippen LogP contribution in [0, 0.1) is 0 Å². The van der Waals surface area contributed by atoms with Crippen LogP contribution in [0.4, 0.5) is 17.1 Å². The number of nitrogens with zero attached hydrogens (tertiary/aromatic N) is 1. The highest BCUT2D eigenvalue weighted by molar-refractivity contribution is 5.91. The van der Waals surface area contributed by atoms with Crippen LogP contribution in [0.1, 0.15) is 78.5 Å². The van der Waals surface area contributed by atoms with E-state index in [1.165, 1.54) is 83.2 Å². The van der Waals surface area contributed by atoms with Gasteiger partial charge in [-0.2, -0.15) is 0 Å². The molecule has 0 unspecified atom stereocenters. The average Bonchev–Trinajstić information content (AvgIpc) is 3.68. The number of hydrogen-bond donors (Lipinski definition) is 0.